The van der Waals surface area contributed by atoms with E-state index in [1.54, 1.807) is 12.1 Å². The molecule has 0 unspecified atom stereocenters. The zero-order valence-corrected chi connectivity index (χ0v) is 9.94. The van der Waals surface area contributed by atoms with Gasteiger partial charge in [-0.2, -0.15) is 0 Å². The molecule has 0 spiro atoms. The van der Waals surface area contributed by atoms with Crippen LogP contribution in [0.4, 0.5) is 0 Å². The Morgan fingerprint density at radius 3 is 2.56 bits per heavy atom. The lowest BCUT2D eigenvalue weighted by Crippen LogP contribution is -2.15. The molecule has 1 heterocycles. The van der Waals surface area contributed by atoms with E-state index < -0.39 is 11.5 Å². The summed E-state index contributed by atoms with van der Waals surface area (Å²) in [6, 6.07) is 6.27. The molecule has 0 amide bonds. The first-order valence-corrected chi connectivity index (χ1v) is 5.29. The number of H-pyrrole nitrogens is 1. The molecule has 0 radical (unpaired) electrons. The first kappa shape index (κ1) is 12.0. The van der Waals surface area contributed by atoms with Crippen molar-refractivity contribution in [2.24, 2.45) is 0 Å². The van der Waals surface area contributed by atoms with Crippen LogP contribution in [-0.2, 0) is 4.74 Å². The van der Waals surface area contributed by atoms with Crippen LogP contribution in [0.5, 0.6) is 0 Å². The standard InChI is InChI=1S/C13H11NO4/c1-7(15)10-5-8-3-4-9(13(17)18-2)6-11(8)14-12(10)16/h3-6H,1-2H3,(H,14,16). The van der Waals surface area contributed by atoms with Gasteiger partial charge >= 0.3 is 5.97 Å². The van der Waals surface area contributed by atoms with E-state index in [0.29, 0.717) is 16.5 Å². The minimum Gasteiger partial charge on any atom is -0.465 e. The van der Waals surface area contributed by atoms with Gasteiger partial charge in [-0.15, -0.1) is 0 Å². The van der Waals surface area contributed by atoms with Crippen LogP contribution in [0.1, 0.15) is 27.6 Å². The molecule has 2 aromatic rings. The number of nitrogens with one attached hydrogen (secondary N) is 1. The lowest BCUT2D eigenvalue weighted by molar-refractivity contribution is 0.0600. The van der Waals surface area contributed by atoms with Crippen molar-refractivity contribution in [2.75, 3.05) is 7.11 Å². The van der Waals surface area contributed by atoms with Crippen LogP contribution >= 0.6 is 0 Å². The van der Waals surface area contributed by atoms with E-state index in [9.17, 15) is 14.4 Å². The molecule has 0 aliphatic carbocycles. The number of hydrogen-bond donors (Lipinski definition) is 1. The molecule has 0 atom stereocenters. The number of Topliss-reactive ketones (excluding diaryl/α,β-unsaturated/α-hetero) is 1. The van der Waals surface area contributed by atoms with Crippen molar-refractivity contribution in [1.82, 2.24) is 4.98 Å². The van der Waals surface area contributed by atoms with Crippen LogP contribution in [-0.4, -0.2) is 23.8 Å². The SMILES string of the molecule is COC(=O)c1ccc2cc(C(C)=O)c(=O)[nH]c2c1. The summed E-state index contributed by atoms with van der Waals surface area (Å²) in [5.41, 5.74) is 0.481. The Balaban J connectivity index is 2.66. The van der Waals surface area contributed by atoms with E-state index >= 15 is 0 Å². The van der Waals surface area contributed by atoms with E-state index in [1.165, 1.54) is 26.2 Å². The summed E-state index contributed by atoms with van der Waals surface area (Å²) in [6.07, 6.45) is 0. The Morgan fingerprint density at radius 2 is 1.94 bits per heavy atom. The summed E-state index contributed by atoms with van der Waals surface area (Å²) in [5, 5.41) is 0.687. The number of methoxy groups -OCH3 is 1. The fourth-order valence-electron chi connectivity index (χ4n) is 1.71. The van der Waals surface area contributed by atoms with Crippen molar-refractivity contribution in [1.29, 1.82) is 0 Å². The van der Waals surface area contributed by atoms with Crippen molar-refractivity contribution in [3.05, 3.63) is 45.7 Å². The van der Waals surface area contributed by atoms with Crippen LogP contribution in [0.15, 0.2) is 29.1 Å². The number of aromatic amines is 1. The summed E-state index contributed by atoms with van der Waals surface area (Å²) < 4.78 is 4.59. The molecule has 92 valence electrons. The normalized spacial score (nSPS) is 10.3. The second-order valence-corrected chi connectivity index (χ2v) is 3.86. The van der Waals surface area contributed by atoms with Crippen molar-refractivity contribution in [3.63, 3.8) is 0 Å². The van der Waals surface area contributed by atoms with Gasteiger partial charge in [0.05, 0.1) is 18.2 Å². The molecule has 0 aliphatic heterocycles. The quantitative estimate of drug-likeness (QED) is 0.642. The Kier molecular flexibility index (Phi) is 2.97. The molecule has 0 saturated heterocycles. The summed E-state index contributed by atoms with van der Waals surface area (Å²) in [6.45, 7) is 1.33. The lowest BCUT2D eigenvalue weighted by atomic mass is 10.1. The highest BCUT2D eigenvalue weighted by molar-refractivity contribution is 5.99. The fourth-order valence-corrected chi connectivity index (χ4v) is 1.71. The lowest BCUT2D eigenvalue weighted by Gasteiger charge is -2.03. The predicted octanol–water partition coefficient (Wildman–Crippen LogP) is 1.52. The van der Waals surface area contributed by atoms with Gasteiger partial charge in [-0.1, -0.05) is 6.07 Å². The van der Waals surface area contributed by atoms with Gasteiger partial charge in [0.25, 0.3) is 5.56 Å². The Bertz CT molecular complexity index is 700. The maximum absolute atomic E-state index is 11.6. The van der Waals surface area contributed by atoms with E-state index in [2.05, 4.69) is 9.72 Å². The molecular formula is C13H11NO4. The third-order valence-electron chi connectivity index (χ3n) is 2.65. The molecular weight excluding hydrogens is 234 g/mol. The first-order valence-electron chi connectivity index (χ1n) is 5.29. The molecule has 5 heteroatoms. The Labute approximate surface area is 102 Å². The van der Waals surface area contributed by atoms with E-state index in [-0.39, 0.29) is 11.3 Å². The molecule has 0 bridgehead atoms. The van der Waals surface area contributed by atoms with Crippen LogP contribution in [0.25, 0.3) is 10.9 Å². The number of carbonyl (C=O) groups excluding carboxylic acids is 2. The second-order valence-electron chi connectivity index (χ2n) is 3.86. The molecule has 0 fully saturated rings. The number of hydrogen-bond acceptors (Lipinski definition) is 4. The predicted molar refractivity (Wildman–Crippen MR) is 65.9 cm³/mol. The molecule has 5 nitrogen and oxygen atoms in total. The molecule has 1 aromatic heterocycles. The first-order chi connectivity index (χ1) is 8.52. The average molecular weight is 245 g/mol. The topological polar surface area (TPSA) is 76.2 Å². The highest BCUT2D eigenvalue weighted by atomic mass is 16.5. The summed E-state index contributed by atoms with van der Waals surface area (Å²) in [7, 11) is 1.29. The van der Waals surface area contributed by atoms with Crippen molar-refractivity contribution < 1.29 is 14.3 Å². The van der Waals surface area contributed by atoms with Gasteiger partial charge in [-0.05, 0) is 30.5 Å². The zero-order valence-electron chi connectivity index (χ0n) is 9.94. The highest BCUT2D eigenvalue weighted by Gasteiger charge is 2.10. The van der Waals surface area contributed by atoms with E-state index in [1.807, 2.05) is 0 Å². The average Bonchev–Trinajstić information content (AvgIpc) is 2.35. The van der Waals surface area contributed by atoms with Crippen LogP contribution in [0.2, 0.25) is 0 Å². The smallest absolute Gasteiger partial charge is 0.337 e. The molecule has 2 rings (SSSR count). The molecule has 18 heavy (non-hydrogen) atoms. The van der Waals surface area contributed by atoms with Gasteiger partial charge in [-0.25, -0.2) is 4.79 Å². The number of ether oxygens (including phenoxy) is 1. The maximum atomic E-state index is 11.6. The highest BCUT2D eigenvalue weighted by Crippen LogP contribution is 2.14. The summed E-state index contributed by atoms with van der Waals surface area (Å²) >= 11 is 0. The number of carbonyl (C=O) groups is 2. The van der Waals surface area contributed by atoms with Gasteiger partial charge in [0.15, 0.2) is 5.78 Å². The van der Waals surface area contributed by atoms with Gasteiger partial charge < -0.3 is 9.72 Å². The minimum atomic E-state index is -0.478. The third-order valence-corrected chi connectivity index (χ3v) is 2.65. The van der Waals surface area contributed by atoms with Crippen molar-refractivity contribution >= 4 is 22.7 Å². The number of ketones is 1. The van der Waals surface area contributed by atoms with Crippen LogP contribution in [0, 0.1) is 0 Å². The molecule has 1 N–H and O–H groups in total. The van der Waals surface area contributed by atoms with Crippen molar-refractivity contribution in [3.8, 4) is 0 Å². The van der Waals surface area contributed by atoms with E-state index in [0.717, 1.165) is 0 Å². The molecule has 0 saturated carbocycles. The Morgan fingerprint density at radius 1 is 1.22 bits per heavy atom. The number of pyridine rings is 1. The fraction of sp³-hybridized carbons (Fsp3) is 0.154. The number of aromatic nitrogens is 1. The summed E-state index contributed by atoms with van der Waals surface area (Å²) in [5.74, 6) is -0.774. The van der Waals surface area contributed by atoms with E-state index in [4.69, 9.17) is 0 Å². The van der Waals surface area contributed by atoms with Gasteiger partial charge in [0.1, 0.15) is 0 Å². The number of fused-ring (bicyclic) bond motifs is 1. The largest absolute Gasteiger partial charge is 0.465 e. The minimum absolute atomic E-state index is 0.105. The number of esters is 1. The maximum Gasteiger partial charge on any atom is 0.337 e. The van der Waals surface area contributed by atoms with Gasteiger partial charge in [-0.3, -0.25) is 9.59 Å². The number of benzene rings is 1. The summed E-state index contributed by atoms with van der Waals surface area (Å²) in [4.78, 5) is 36.8. The van der Waals surface area contributed by atoms with Crippen LogP contribution < -0.4 is 5.56 Å². The molecule has 0 aliphatic rings. The monoisotopic (exact) mass is 245 g/mol. The number of rotatable bonds is 2. The van der Waals surface area contributed by atoms with Gasteiger partial charge in [0.2, 0.25) is 0 Å². The molecule has 1 aromatic carbocycles. The zero-order chi connectivity index (χ0) is 13.3. The Hall–Kier alpha value is -2.43. The van der Waals surface area contributed by atoms with Gasteiger partial charge in [0, 0.05) is 5.52 Å². The van der Waals surface area contributed by atoms with Crippen molar-refractivity contribution in [2.45, 2.75) is 6.92 Å². The van der Waals surface area contributed by atoms with Crippen LogP contribution in [0.3, 0.4) is 0 Å². The third kappa shape index (κ3) is 2.02. The second kappa shape index (κ2) is 4.44.